The fourth-order valence-electron chi connectivity index (χ4n) is 3.98. The summed E-state index contributed by atoms with van der Waals surface area (Å²) in [4.78, 5) is 37.1. The van der Waals surface area contributed by atoms with Crippen molar-refractivity contribution in [1.82, 2.24) is 34.4 Å². The molecule has 31 heavy (non-hydrogen) atoms. The maximum atomic E-state index is 12.8. The van der Waals surface area contributed by atoms with Crippen LogP contribution in [0.2, 0.25) is 0 Å². The van der Waals surface area contributed by atoms with Gasteiger partial charge >= 0.3 is 0 Å². The topological polar surface area (TPSA) is 102 Å². The number of carbonyl (C=O) groups is 1. The predicted octanol–water partition coefficient (Wildman–Crippen LogP) is 3.06. The van der Waals surface area contributed by atoms with E-state index in [4.69, 9.17) is 4.98 Å². The molecule has 1 aliphatic heterocycles. The number of fused-ring (bicyclic) bond motifs is 1. The summed E-state index contributed by atoms with van der Waals surface area (Å²) in [7, 11) is 0. The van der Waals surface area contributed by atoms with Crippen molar-refractivity contribution < 1.29 is 4.79 Å². The van der Waals surface area contributed by atoms with Gasteiger partial charge in [-0.15, -0.1) is 0 Å². The molecule has 3 aromatic heterocycles. The van der Waals surface area contributed by atoms with Crippen molar-refractivity contribution in [2.24, 2.45) is 5.92 Å². The van der Waals surface area contributed by atoms with Gasteiger partial charge in [-0.05, 0) is 32.6 Å². The number of amides is 1. The maximum Gasteiger partial charge on any atom is 0.224 e. The van der Waals surface area contributed by atoms with Crippen molar-refractivity contribution >= 4 is 22.9 Å². The SMILES string of the molecule is CCn1c(-c2cnc(C)nc2)nc2c(N[C@@H](CC(=O)N3CCCC3)C(C)C)ncnc21. The molecule has 0 unspecified atom stereocenters. The Hall–Kier alpha value is -3.10. The molecular formula is C22H30N8O. The molecule has 4 heterocycles. The van der Waals surface area contributed by atoms with Crippen molar-refractivity contribution in [3.63, 3.8) is 0 Å². The molecule has 0 radical (unpaired) electrons. The van der Waals surface area contributed by atoms with Gasteiger partial charge < -0.3 is 14.8 Å². The Balaban J connectivity index is 1.66. The van der Waals surface area contributed by atoms with Crippen LogP contribution in [-0.4, -0.2) is 59.4 Å². The van der Waals surface area contributed by atoms with E-state index >= 15 is 0 Å². The first kappa shape index (κ1) is 21.1. The van der Waals surface area contributed by atoms with Crippen LogP contribution in [-0.2, 0) is 11.3 Å². The average molecular weight is 423 g/mol. The van der Waals surface area contributed by atoms with Crippen LogP contribution in [0.25, 0.3) is 22.6 Å². The first-order chi connectivity index (χ1) is 15.0. The number of anilines is 1. The fraction of sp³-hybridized carbons (Fsp3) is 0.545. The Labute approximate surface area is 182 Å². The van der Waals surface area contributed by atoms with Gasteiger partial charge in [-0.25, -0.2) is 24.9 Å². The lowest BCUT2D eigenvalue weighted by Gasteiger charge is -2.25. The van der Waals surface area contributed by atoms with Gasteiger partial charge in [0.25, 0.3) is 0 Å². The van der Waals surface area contributed by atoms with Crippen LogP contribution in [0.3, 0.4) is 0 Å². The zero-order chi connectivity index (χ0) is 22.0. The number of hydrogen-bond acceptors (Lipinski definition) is 7. The molecule has 3 aromatic rings. The summed E-state index contributed by atoms with van der Waals surface area (Å²) >= 11 is 0. The molecule has 0 aliphatic carbocycles. The first-order valence-electron chi connectivity index (χ1n) is 11.0. The number of nitrogens with one attached hydrogen (secondary N) is 1. The number of hydrogen-bond donors (Lipinski definition) is 1. The Bertz CT molecular complexity index is 1050. The molecule has 1 saturated heterocycles. The molecule has 164 valence electrons. The monoisotopic (exact) mass is 422 g/mol. The zero-order valence-electron chi connectivity index (χ0n) is 18.7. The van der Waals surface area contributed by atoms with E-state index in [1.165, 1.54) is 0 Å². The molecule has 1 N–H and O–H groups in total. The first-order valence-corrected chi connectivity index (χ1v) is 11.0. The number of aryl methyl sites for hydroxylation is 2. The van der Waals surface area contributed by atoms with Gasteiger partial charge in [0.1, 0.15) is 18.0 Å². The van der Waals surface area contributed by atoms with E-state index in [9.17, 15) is 4.79 Å². The second kappa shape index (κ2) is 8.95. The number of rotatable bonds is 7. The van der Waals surface area contributed by atoms with Crippen LogP contribution < -0.4 is 5.32 Å². The number of carbonyl (C=O) groups excluding carboxylic acids is 1. The van der Waals surface area contributed by atoms with E-state index in [0.717, 1.165) is 43.0 Å². The highest BCUT2D eigenvalue weighted by atomic mass is 16.2. The lowest BCUT2D eigenvalue weighted by atomic mass is 10.00. The molecular weight excluding hydrogens is 392 g/mol. The van der Waals surface area contributed by atoms with E-state index in [1.54, 1.807) is 18.7 Å². The molecule has 4 rings (SSSR count). The van der Waals surface area contributed by atoms with E-state index < -0.39 is 0 Å². The highest BCUT2D eigenvalue weighted by Crippen LogP contribution is 2.27. The molecule has 1 amide bonds. The summed E-state index contributed by atoms with van der Waals surface area (Å²) in [6.07, 6.45) is 7.74. The van der Waals surface area contributed by atoms with Crippen LogP contribution >= 0.6 is 0 Å². The van der Waals surface area contributed by atoms with Crippen molar-refractivity contribution in [2.45, 2.75) is 59.5 Å². The van der Waals surface area contributed by atoms with Gasteiger partial charge in [0.05, 0.1) is 5.56 Å². The summed E-state index contributed by atoms with van der Waals surface area (Å²) in [5, 5.41) is 3.50. The fourth-order valence-corrected chi connectivity index (χ4v) is 3.98. The second-order valence-corrected chi connectivity index (χ2v) is 8.38. The van der Waals surface area contributed by atoms with Crippen molar-refractivity contribution in [3.8, 4) is 11.4 Å². The van der Waals surface area contributed by atoms with E-state index in [2.05, 4.69) is 46.0 Å². The largest absolute Gasteiger partial charge is 0.365 e. The van der Waals surface area contributed by atoms with Gasteiger partial charge in [0.2, 0.25) is 5.91 Å². The van der Waals surface area contributed by atoms with Gasteiger partial charge in [0.15, 0.2) is 17.0 Å². The van der Waals surface area contributed by atoms with Crippen molar-refractivity contribution in [3.05, 3.63) is 24.5 Å². The van der Waals surface area contributed by atoms with Crippen LogP contribution in [0.1, 0.15) is 45.9 Å². The third-order valence-electron chi connectivity index (χ3n) is 5.87. The van der Waals surface area contributed by atoms with Gasteiger partial charge in [-0.2, -0.15) is 0 Å². The molecule has 1 aliphatic rings. The molecule has 9 heteroatoms. The summed E-state index contributed by atoms with van der Waals surface area (Å²) < 4.78 is 2.04. The van der Waals surface area contributed by atoms with Crippen LogP contribution in [0.5, 0.6) is 0 Å². The lowest BCUT2D eigenvalue weighted by Crippen LogP contribution is -2.36. The quantitative estimate of drug-likeness (QED) is 0.624. The van der Waals surface area contributed by atoms with Crippen LogP contribution in [0.4, 0.5) is 5.82 Å². The Morgan fingerprint density at radius 3 is 2.48 bits per heavy atom. The predicted molar refractivity (Wildman–Crippen MR) is 119 cm³/mol. The Morgan fingerprint density at radius 1 is 1.13 bits per heavy atom. The second-order valence-electron chi connectivity index (χ2n) is 8.38. The normalized spacial score (nSPS) is 15.1. The number of imidazole rings is 1. The van der Waals surface area contributed by atoms with Crippen molar-refractivity contribution in [1.29, 1.82) is 0 Å². The molecule has 1 atom stereocenters. The van der Waals surface area contributed by atoms with E-state index in [1.807, 2.05) is 16.4 Å². The standard InChI is InChI=1S/C22H30N8O/c1-5-30-21(16-11-23-15(4)24-12-16)28-19-20(25-13-26-22(19)30)27-17(14(2)3)10-18(31)29-8-6-7-9-29/h11-14,17H,5-10H2,1-4H3,(H,25,26,27)/t17-/m0/s1. The average Bonchev–Trinajstić information content (AvgIpc) is 3.42. The molecule has 0 spiro atoms. The van der Waals surface area contributed by atoms with Gasteiger partial charge in [-0.3, -0.25) is 4.79 Å². The third kappa shape index (κ3) is 4.35. The zero-order valence-corrected chi connectivity index (χ0v) is 18.7. The molecule has 0 saturated carbocycles. The minimum Gasteiger partial charge on any atom is -0.365 e. The highest BCUT2D eigenvalue weighted by Gasteiger charge is 2.25. The maximum absolute atomic E-state index is 12.8. The van der Waals surface area contributed by atoms with Gasteiger partial charge in [-0.1, -0.05) is 13.8 Å². The molecule has 0 bridgehead atoms. The van der Waals surface area contributed by atoms with E-state index in [0.29, 0.717) is 30.1 Å². The van der Waals surface area contributed by atoms with Crippen LogP contribution in [0, 0.1) is 12.8 Å². The summed E-state index contributed by atoms with van der Waals surface area (Å²) in [6, 6.07) is -0.0378. The smallest absolute Gasteiger partial charge is 0.224 e. The number of nitrogens with zero attached hydrogens (tertiary/aromatic N) is 7. The molecule has 1 fully saturated rings. The number of likely N-dealkylation sites (tertiary alicyclic amines) is 1. The van der Waals surface area contributed by atoms with Crippen LogP contribution in [0.15, 0.2) is 18.7 Å². The Kier molecular flexibility index (Phi) is 6.11. The number of aromatic nitrogens is 6. The summed E-state index contributed by atoms with van der Waals surface area (Å²) in [5.41, 5.74) is 2.28. The third-order valence-corrected chi connectivity index (χ3v) is 5.87. The highest BCUT2D eigenvalue weighted by molar-refractivity contribution is 5.86. The molecule has 9 nitrogen and oxygen atoms in total. The van der Waals surface area contributed by atoms with Gasteiger partial charge in [0, 0.05) is 44.5 Å². The van der Waals surface area contributed by atoms with E-state index in [-0.39, 0.29) is 17.9 Å². The molecule has 0 aromatic carbocycles. The van der Waals surface area contributed by atoms with Crippen molar-refractivity contribution in [2.75, 3.05) is 18.4 Å². The Morgan fingerprint density at radius 2 is 1.84 bits per heavy atom. The minimum atomic E-state index is -0.0378. The summed E-state index contributed by atoms with van der Waals surface area (Å²) in [5.74, 6) is 2.59. The summed E-state index contributed by atoms with van der Waals surface area (Å²) in [6.45, 7) is 10.6. The lowest BCUT2D eigenvalue weighted by molar-refractivity contribution is -0.130. The minimum absolute atomic E-state index is 0.0378.